The zero-order valence-electron chi connectivity index (χ0n) is 17.3. The molecule has 1 fully saturated rings. The molecule has 2 aliphatic heterocycles. The van der Waals surface area contributed by atoms with E-state index in [1.165, 1.54) is 6.08 Å². The number of nitrogens with zero attached hydrogens (tertiary/aromatic N) is 5. The Morgan fingerprint density at radius 3 is 2.79 bits per heavy atom. The minimum Gasteiger partial charge on any atom is -0.402 e. The summed E-state index contributed by atoms with van der Waals surface area (Å²) in [6.07, 6.45) is 6.61. The average Bonchev–Trinajstić information content (AvgIpc) is 3.14. The molecule has 0 spiro atoms. The van der Waals surface area contributed by atoms with E-state index >= 15 is 4.39 Å². The van der Waals surface area contributed by atoms with Crippen molar-refractivity contribution in [2.24, 2.45) is 23.7 Å². The molecule has 7 nitrogen and oxygen atoms in total. The van der Waals surface area contributed by atoms with Crippen LogP contribution in [0.2, 0.25) is 0 Å². The molecule has 2 aliphatic rings. The third-order valence-electron chi connectivity index (χ3n) is 5.82. The van der Waals surface area contributed by atoms with E-state index in [1.807, 2.05) is 25.2 Å². The lowest BCUT2D eigenvalue weighted by Crippen LogP contribution is -2.50. The van der Waals surface area contributed by atoms with Crippen LogP contribution in [0.4, 0.5) is 4.39 Å². The summed E-state index contributed by atoms with van der Waals surface area (Å²) in [5.74, 6) is -0.627. The summed E-state index contributed by atoms with van der Waals surface area (Å²) in [4.78, 5) is 20.4. The highest BCUT2D eigenvalue weighted by Crippen LogP contribution is 2.40. The zero-order chi connectivity index (χ0) is 21.3. The monoisotopic (exact) mass is 400 g/mol. The van der Waals surface area contributed by atoms with Gasteiger partial charge in [0.05, 0.1) is 12.2 Å². The molecule has 0 radical (unpaired) electrons. The van der Waals surface area contributed by atoms with Crippen molar-refractivity contribution < 1.29 is 9.18 Å². The zero-order valence-corrected chi connectivity index (χ0v) is 17.3. The Kier molecular flexibility index (Phi) is 5.91. The molecule has 0 bridgehead atoms. The van der Waals surface area contributed by atoms with E-state index in [-0.39, 0.29) is 23.6 Å². The van der Waals surface area contributed by atoms with E-state index in [4.69, 9.17) is 10.7 Å². The Bertz CT molecular complexity index is 885. The van der Waals surface area contributed by atoms with E-state index in [0.717, 1.165) is 18.4 Å². The molecule has 0 aromatic carbocycles. The van der Waals surface area contributed by atoms with Crippen molar-refractivity contribution >= 4 is 11.7 Å². The number of amidine groups is 1. The van der Waals surface area contributed by atoms with Gasteiger partial charge in [0, 0.05) is 56.6 Å². The van der Waals surface area contributed by atoms with Gasteiger partial charge >= 0.3 is 0 Å². The van der Waals surface area contributed by atoms with Crippen LogP contribution in [0.3, 0.4) is 0 Å². The first-order chi connectivity index (χ1) is 13.7. The van der Waals surface area contributed by atoms with Gasteiger partial charge < -0.3 is 15.5 Å². The number of carbonyl (C=O) groups excluding carboxylic acids is 1. The van der Waals surface area contributed by atoms with Crippen molar-refractivity contribution in [3.63, 3.8) is 0 Å². The first-order valence-corrected chi connectivity index (χ1v) is 9.76. The van der Waals surface area contributed by atoms with Gasteiger partial charge in [0.1, 0.15) is 0 Å². The van der Waals surface area contributed by atoms with Gasteiger partial charge in [-0.05, 0) is 31.4 Å². The average molecular weight is 401 g/mol. The van der Waals surface area contributed by atoms with Crippen LogP contribution in [0.1, 0.15) is 31.4 Å². The minimum atomic E-state index is -0.429. The second-order valence-corrected chi connectivity index (χ2v) is 7.79. The fourth-order valence-corrected chi connectivity index (χ4v) is 4.17. The summed E-state index contributed by atoms with van der Waals surface area (Å²) in [6.45, 7) is 10.4. The van der Waals surface area contributed by atoms with Crippen LogP contribution in [0.25, 0.3) is 0 Å². The highest BCUT2D eigenvalue weighted by molar-refractivity contribution is 5.98. The molecular formula is C21H29FN6O. The van der Waals surface area contributed by atoms with Gasteiger partial charge in [0.15, 0.2) is 11.7 Å². The van der Waals surface area contributed by atoms with E-state index in [0.29, 0.717) is 24.4 Å². The number of hydrogen-bond acceptors (Lipinski definition) is 5. The number of likely N-dealkylation sites (N-methyl/N-ethyl adjacent to an activating group) is 1. The van der Waals surface area contributed by atoms with Crippen molar-refractivity contribution in [3.05, 3.63) is 54.3 Å². The van der Waals surface area contributed by atoms with Crippen LogP contribution >= 0.6 is 0 Å². The van der Waals surface area contributed by atoms with E-state index in [1.54, 1.807) is 22.7 Å². The molecule has 1 aromatic heterocycles. The Balaban J connectivity index is 1.95. The van der Waals surface area contributed by atoms with E-state index in [9.17, 15) is 4.79 Å². The largest absolute Gasteiger partial charge is 0.402 e. The van der Waals surface area contributed by atoms with Crippen LogP contribution in [0.5, 0.6) is 0 Å². The number of aryl methyl sites for hydroxylation is 1. The third-order valence-corrected chi connectivity index (χ3v) is 5.82. The summed E-state index contributed by atoms with van der Waals surface area (Å²) < 4.78 is 17.1. The molecule has 1 saturated heterocycles. The number of aromatic nitrogens is 2. The Morgan fingerprint density at radius 1 is 1.48 bits per heavy atom. The van der Waals surface area contributed by atoms with Gasteiger partial charge in [0.25, 0.3) is 0 Å². The second kappa shape index (κ2) is 8.23. The topological polar surface area (TPSA) is 79.8 Å². The molecule has 2 unspecified atom stereocenters. The van der Waals surface area contributed by atoms with Gasteiger partial charge in [-0.3, -0.25) is 14.5 Å². The summed E-state index contributed by atoms with van der Waals surface area (Å²) in [6, 6.07) is -0.426. The van der Waals surface area contributed by atoms with Crippen LogP contribution in [0, 0.1) is 5.92 Å². The molecule has 3 heterocycles. The van der Waals surface area contributed by atoms with Crippen LogP contribution in [-0.2, 0) is 11.8 Å². The highest BCUT2D eigenvalue weighted by Gasteiger charge is 2.37. The molecule has 2 N–H and O–H groups in total. The summed E-state index contributed by atoms with van der Waals surface area (Å²) >= 11 is 0. The maximum Gasteiger partial charge on any atom is 0.246 e. The number of dihydropyridines is 1. The number of halogens is 1. The molecule has 1 amide bonds. The number of likely N-dealkylation sites (tertiary alicyclic amines) is 1. The number of amides is 1. The number of nitrogens with two attached hydrogens (primary N) is 1. The standard InChI is InChI=1S/C21H29FN6O/c1-6-17(29)28-9-7-8-16(12-28)27(5)21-19(22)13(2)18(14(3)23)20(25-21)15-10-24-26(4)11-15/h6,10-11,16,18,20H,1,3,7-9,12,23H2,2,4-5H3/t16-,18?,20?/m0/s1. The quantitative estimate of drug-likeness (QED) is 0.787. The predicted octanol–water partition coefficient (Wildman–Crippen LogP) is 2.31. The van der Waals surface area contributed by atoms with Gasteiger partial charge in [-0.1, -0.05) is 13.2 Å². The van der Waals surface area contributed by atoms with E-state index in [2.05, 4.69) is 18.3 Å². The summed E-state index contributed by atoms with van der Waals surface area (Å²) in [5, 5.41) is 4.23. The normalized spacial score (nSPS) is 24.9. The first kappa shape index (κ1) is 20.8. The Morgan fingerprint density at radius 2 is 2.21 bits per heavy atom. The minimum absolute atomic E-state index is 0.0304. The predicted molar refractivity (Wildman–Crippen MR) is 112 cm³/mol. The number of rotatable bonds is 4. The maximum atomic E-state index is 15.4. The molecule has 3 atom stereocenters. The van der Waals surface area contributed by atoms with Crippen LogP contribution in [0.15, 0.2) is 53.7 Å². The molecule has 29 heavy (non-hydrogen) atoms. The van der Waals surface area contributed by atoms with Gasteiger partial charge in [-0.25, -0.2) is 4.39 Å². The number of hydrogen-bond donors (Lipinski definition) is 1. The lowest BCUT2D eigenvalue weighted by atomic mass is 9.84. The molecule has 0 aliphatic carbocycles. The van der Waals surface area contributed by atoms with Crippen molar-refractivity contribution in [1.29, 1.82) is 0 Å². The third kappa shape index (κ3) is 3.97. The Labute approximate surface area is 171 Å². The highest BCUT2D eigenvalue weighted by atomic mass is 19.1. The van der Waals surface area contributed by atoms with E-state index < -0.39 is 12.0 Å². The Hall–Kier alpha value is -2.90. The van der Waals surface area contributed by atoms with Crippen molar-refractivity contribution in [3.8, 4) is 0 Å². The molecule has 156 valence electrons. The van der Waals surface area contributed by atoms with Crippen molar-refractivity contribution in [1.82, 2.24) is 19.6 Å². The lowest BCUT2D eigenvalue weighted by Gasteiger charge is -2.40. The van der Waals surface area contributed by atoms with Crippen molar-refractivity contribution in [2.45, 2.75) is 31.8 Å². The van der Waals surface area contributed by atoms with Gasteiger partial charge in [0.2, 0.25) is 5.91 Å². The van der Waals surface area contributed by atoms with Gasteiger partial charge in [-0.2, -0.15) is 5.10 Å². The summed E-state index contributed by atoms with van der Waals surface area (Å²) in [7, 11) is 3.65. The number of aliphatic imine (C=N–C) groups is 1. The SMILES string of the molecule is C=CC(=O)N1CCC[C@H](N(C)C2=NC(c3cnn(C)c3)C(C(=C)N)C(C)=C2F)C1. The van der Waals surface area contributed by atoms with Crippen molar-refractivity contribution in [2.75, 3.05) is 20.1 Å². The molecule has 0 saturated carbocycles. The van der Waals surface area contributed by atoms with Gasteiger partial charge in [-0.15, -0.1) is 0 Å². The fourth-order valence-electron chi connectivity index (χ4n) is 4.17. The molecular weight excluding hydrogens is 371 g/mol. The summed E-state index contributed by atoms with van der Waals surface area (Å²) in [5.41, 5.74) is 7.77. The first-order valence-electron chi connectivity index (χ1n) is 9.76. The fraction of sp³-hybridized carbons (Fsp3) is 0.476. The van der Waals surface area contributed by atoms with Crippen LogP contribution < -0.4 is 5.73 Å². The molecule has 1 aromatic rings. The van der Waals surface area contributed by atoms with Crippen LogP contribution in [-0.4, -0.2) is 57.5 Å². The lowest BCUT2D eigenvalue weighted by molar-refractivity contribution is -0.127. The molecule has 8 heteroatoms. The number of carbonyl (C=O) groups is 1. The number of piperidine rings is 1. The maximum absolute atomic E-state index is 15.4. The smallest absolute Gasteiger partial charge is 0.246 e. The molecule has 3 rings (SSSR count). The second-order valence-electron chi connectivity index (χ2n) is 7.79.